The molecule has 0 aliphatic heterocycles. The molecule has 0 aliphatic carbocycles. The average molecular weight is 292 g/mol. The van der Waals surface area contributed by atoms with Crippen LogP contribution < -0.4 is 0 Å². The molecular weight excluding hydrogens is 276 g/mol. The summed E-state index contributed by atoms with van der Waals surface area (Å²) < 4.78 is 0. The number of hydrogen-bond donors (Lipinski definition) is 1. The zero-order valence-electron chi connectivity index (χ0n) is 11.6. The molecule has 3 aromatic rings. The maximum atomic E-state index is 9.37. The molecule has 21 heavy (non-hydrogen) atoms. The van der Waals surface area contributed by atoms with Crippen LogP contribution in [-0.2, 0) is 6.42 Å². The first-order valence-corrected chi connectivity index (χ1v) is 7.71. The van der Waals surface area contributed by atoms with Crippen LogP contribution in [0.5, 0.6) is 5.75 Å². The van der Waals surface area contributed by atoms with Crippen LogP contribution in [0.1, 0.15) is 11.1 Å². The van der Waals surface area contributed by atoms with E-state index in [1.807, 2.05) is 18.2 Å². The Bertz CT molecular complexity index is 705. The van der Waals surface area contributed by atoms with Crippen molar-refractivity contribution >= 4 is 11.8 Å². The van der Waals surface area contributed by atoms with E-state index in [1.165, 1.54) is 20.9 Å². The molecule has 2 heteroatoms. The lowest BCUT2D eigenvalue weighted by Gasteiger charge is -2.09. The Hall–Kier alpha value is -2.19. The lowest BCUT2D eigenvalue weighted by Crippen LogP contribution is -1.90. The van der Waals surface area contributed by atoms with Gasteiger partial charge in [-0.2, -0.15) is 0 Å². The first kappa shape index (κ1) is 13.8. The van der Waals surface area contributed by atoms with Crippen LogP contribution in [0.4, 0.5) is 0 Å². The molecule has 0 radical (unpaired) electrons. The number of rotatable bonds is 4. The molecule has 0 heterocycles. The highest BCUT2D eigenvalue weighted by Gasteiger charge is 2.05. The van der Waals surface area contributed by atoms with Crippen molar-refractivity contribution in [1.29, 1.82) is 0 Å². The van der Waals surface area contributed by atoms with Gasteiger partial charge in [-0.3, -0.25) is 0 Å². The Morgan fingerprint density at radius 2 is 1.38 bits per heavy atom. The standard InChI is InChI=1S/C19H16OS/c20-17-12-10-15(11-13-17)14-16-6-4-5-9-19(16)21-18-7-2-1-3-8-18/h1-13,20H,14H2. The van der Waals surface area contributed by atoms with Crippen molar-refractivity contribution in [1.82, 2.24) is 0 Å². The molecule has 0 amide bonds. The summed E-state index contributed by atoms with van der Waals surface area (Å²) in [7, 11) is 0. The quantitative estimate of drug-likeness (QED) is 0.719. The minimum Gasteiger partial charge on any atom is -0.508 e. The SMILES string of the molecule is Oc1ccc(Cc2ccccc2Sc2ccccc2)cc1. The van der Waals surface area contributed by atoms with Crippen LogP contribution in [0.2, 0.25) is 0 Å². The highest BCUT2D eigenvalue weighted by Crippen LogP contribution is 2.31. The molecule has 0 saturated heterocycles. The van der Waals surface area contributed by atoms with E-state index in [4.69, 9.17) is 0 Å². The minimum absolute atomic E-state index is 0.311. The lowest BCUT2D eigenvalue weighted by molar-refractivity contribution is 0.475. The molecule has 0 fully saturated rings. The van der Waals surface area contributed by atoms with Crippen molar-refractivity contribution < 1.29 is 5.11 Å². The van der Waals surface area contributed by atoms with Crippen molar-refractivity contribution in [2.24, 2.45) is 0 Å². The monoisotopic (exact) mass is 292 g/mol. The van der Waals surface area contributed by atoms with E-state index in [1.54, 1.807) is 23.9 Å². The fourth-order valence-electron chi connectivity index (χ4n) is 2.20. The van der Waals surface area contributed by atoms with Gasteiger partial charge in [0, 0.05) is 9.79 Å². The Morgan fingerprint density at radius 3 is 2.14 bits per heavy atom. The van der Waals surface area contributed by atoms with Gasteiger partial charge in [-0.15, -0.1) is 0 Å². The number of hydrogen-bond acceptors (Lipinski definition) is 2. The zero-order valence-corrected chi connectivity index (χ0v) is 12.4. The third-order valence-corrected chi connectivity index (χ3v) is 4.40. The van der Waals surface area contributed by atoms with E-state index >= 15 is 0 Å². The van der Waals surface area contributed by atoms with Gasteiger partial charge in [0.2, 0.25) is 0 Å². The highest BCUT2D eigenvalue weighted by atomic mass is 32.2. The fourth-order valence-corrected chi connectivity index (χ4v) is 3.16. The number of benzene rings is 3. The van der Waals surface area contributed by atoms with Crippen LogP contribution in [0.15, 0.2) is 88.7 Å². The molecule has 1 N–H and O–H groups in total. The minimum atomic E-state index is 0.311. The highest BCUT2D eigenvalue weighted by molar-refractivity contribution is 7.99. The molecule has 0 unspecified atom stereocenters. The Labute approximate surface area is 129 Å². The number of phenolic OH excluding ortho intramolecular Hbond substituents is 1. The molecule has 0 aromatic heterocycles. The summed E-state index contributed by atoms with van der Waals surface area (Å²) in [4.78, 5) is 2.52. The van der Waals surface area contributed by atoms with E-state index < -0.39 is 0 Å². The summed E-state index contributed by atoms with van der Waals surface area (Å²) in [5.74, 6) is 0.311. The molecule has 0 saturated carbocycles. The van der Waals surface area contributed by atoms with Crippen molar-refractivity contribution in [2.75, 3.05) is 0 Å². The van der Waals surface area contributed by atoms with Gasteiger partial charge in [0.25, 0.3) is 0 Å². The molecule has 1 nitrogen and oxygen atoms in total. The van der Waals surface area contributed by atoms with Gasteiger partial charge in [-0.05, 0) is 47.9 Å². The van der Waals surface area contributed by atoms with E-state index in [2.05, 4.69) is 48.5 Å². The van der Waals surface area contributed by atoms with Crippen LogP contribution in [0, 0.1) is 0 Å². The summed E-state index contributed by atoms with van der Waals surface area (Å²) in [5.41, 5.74) is 2.51. The molecule has 104 valence electrons. The number of aromatic hydroxyl groups is 1. The van der Waals surface area contributed by atoms with Crippen LogP contribution >= 0.6 is 11.8 Å². The van der Waals surface area contributed by atoms with Gasteiger partial charge < -0.3 is 5.11 Å². The summed E-state index contributed by atoms with van der Waals surface area (Å²) >= 11 is 1.79. The molecular formula is C19H16OS. The van der Waals surface area contributed by atoms with Gasteiger partial charge in [0.1, 0.15) is 5.75 Å². The van der Waals surface area contributed by atoms with Crippen molar-refractivity contribution in [3.05, 3.63) is 90.0 Å². The summed E-state index contributed by atoms with van der Waals surface area (Å²) in [6.45, 7) is 0. The van der Waals surface area contributed by atoms with E-state index in [0.717, 1.165) is 6.42 Å². The van der Waals surface area contributed by atoms with Gasteiger partial charge in [0.05, 0.1) is 0 Å². The van der Waals surface area contributed by atoms with Crippen LogP contribution in [0.25, 0.3) is 0 Å². The summed E-state index contributed by atoms with van der Waals surface area (Å²) in [6.07, 6.45) is 0.871. The smallest absolute Gasteiger partial charge is 0.115 e. The Balaban J connectivity index is 1.84. The number of phenols is 1. The van der Waals surface area contributed by atoms with Gasteiger partial charge in [-0.1, -0.05) is 60.3 Å². The summed E-state index contributed by atoms with van der Waals surface area (Å²) in [5, 5.41) is 9.37. The average Bonchev–Trinajstić information content (AvgIpc) is 2.52. The molecule has 0 bridgehead atoms. The Morgan fingerprint density at radius 1 is 0.714 bits per heavy atom. The topological polar surface area (TPSA) is 20.2 Å². The zero-order chi connectivity index (χ0) is 14.5. The molecule has 0 spiro atoms. The van der Waals surface area contributed by atoms with Crippen molar-refractivity contribution in [3.63, 3.8) is 0 Å². The molecule has 3 aromatic carbocycles. The van der Waals surface area contributed by atoms with Crippen molar-refractivity contribution in [3.8, 4) is 5.75 Å². The second-order valence-electron chi connectivity index (χ2n) is 4.87. The summed E-state index contributed by atoms with van der Waals surface area (Å²) in [6, 6.07) is 26.3. The molecule has 3 rings (SSSR count). The normalized spacial score (nSPS) is 10.5. The van der Waals surface area contributed by atoms with Gasteiger partial charge >= 0.3 is 0 Å². The van der Waals surface area contributed by atoms with E-state index in [9.17, 15) is 5.11 Å². The lowest BCUT2D eigenvalue weighted by atomic mass is 10.1. The van der Waals surface area contributed by atoms with Crippen LogP contribution in [0.3, 0.4) is 0 Å². The Kier molecular flexibility index (Phi) is 4.27. The predicted molar refractivity (Wildman–Crippen MR) is 87.9 cm³/mol. The first-order valence-electron chi connectivity index (χ1n) is 6.90. The second kappa shape index (κ2) is 6.51. The second-order valence-corrected chi connectivity index (χ2v) is 5.98. The molecule has 0 atom stereocenters. The largest absolute Gasteiger partial charge is 0.508 e. The van der Waals surface area contributed by atoms with Gasteiger partial charge in [0.15, 0.2) is 0 Å². The predicted octanol–water partition coefficient (Wildman–Crippen LogP) is 5.13. The van der Waals surface area contributed by atoms with Crippen molar-refractivity contribution in [2.45, 2.75) is 16.2 Å². The third-order valence-electron chi connectivity index (χ3n) is 3.27. The van der Waals surface area contributed by atoms with Gasteiger partial charge in [-0.25, -0.2) is 0 Å². The van der Waals surface area contributed by atoms with E-state index in [-0.39, 0.29) is 0 Å². The third kappa shape index (κ3) is 3.67. The molecule has 0 aliphatic rings. The van der Waals surface area contributed by atoms with E-state index in [0.29, 0.717) is 5.75 Å². The maximum absolute atomic E-state index is 9.37. The van der Waals surface area contributed by atoms with Crippen LogP contribution in [-0.4, -0.2) is 5.11 Å². The fraction of sp³-hybridized carbons (Fsp3) is 0.0526. The first-order chi connectivity index (χ1) is 10.3. The maximum Gasteiger partial charge on any atom is 0.115 e.